The Kier molecular flexibility index (Phi) is 9.30. The molecule has 13 heteroatoms. The van der Waals surface area contributed by atoms with Crippen molar-refractivity contribution < 1.29 is 22.8 Å². The van der Waals surface area contributed by atoms with Crippen LogP contribution in [0, 0.1) is 0 Å². The van der Waals surface area contributed by atoms with Gasteiger partial charge in [0.05, 0.1) is 25.7 Å². The highest BCUT2D eigenvalue weighted by Crippen LogP contribution is 2.13. The number of carbonyl (C=O) groups is 2. The summed E-state index contributed by atoms with van der Waals surface area (Å²) in [5.74, 6) is -1.14. The van der Waals surface area contributed by atoms with E-state index in [1.807, 2.05) is 0 Å². The molecule has 4 rings (SSSR count). The molecule has 0 radical (unpaired) electrons. The van der Waals surface area contributed by atoms with E-state index in [-0.39, 0.29) is 35.2 Å². The average molecular weight is 581 g/mol. The maximum absolute atomic E-state index is 12.7. The molecule has 0 bridgehead atoms. The van der Waals surface area contributed by atoms with Crippen LogP contribution in [0.3, 0.4) is 0 Å². The molecule has 0 aliphatic heterocycles. The summed E-state index contributed by atoms with van der Waals surface area (Å²) in [6, 6.07) is 15.1. The Labute approximate surface area is 237 Å². The first kappa shape index (κ1) is 29.9. The highest BCUT2D eigenvalue weighted by molar-refractivity contribution is 5.94. The minimum absolute atomic E-state index is 0.0670. The lowest BCUT2D eigenvalue weighted by atomic mass is 10.1. The summed E-state index contributed by atoms with van der Waals surface area (Å²) in [4.78, 5) is 57.3. The van der Waals surface area contributed by atoms with E-state index >= 15 is 0 Å². The second-order valence-corrected chi connectivity index (χ2v) is 9.66. The van der Waals surface area contributed by atoms with Crippen molar-refractivity contribution in [2.75, 3.05) is 6.54 Å². The highest BCUT2D eigenvalue weighted by atomic mass is 19.4. The minimum atomic E-state index is -4.50. The zero-order valence-electron chi connectivity index (χ0n) is 22.5. The smallest absolute Gasteiger partial charge is 0.349 e. The van der Waals surface area contributed by atoms with Crippen LogP contribution in [0.15, 0.2) is 89.1 Å². The molecule has 42 heavy (non-hydrogen) atoms. The maximum atomic E-state index is 12.7. The SMILES string of the molecule is CC(Cc1cc(=O)n(Cc2ccc(C(=O)NCC(F)(F)F)cc2)cn1)NC(=O)c1ccc(Cn2cnccc2=O)cc1. The number of carbonyl (C=O) groups excluding carboxylic acids is 2. The van der Waals surface area contributed by atoms with Crippen molar-refractivity contribution in [2.24, 2.45) is 0 Å². The Morgan fingerprint density at radius 2 is 1.40 bits per heavy atom. The molecule has 2 N–H and O–H groups in total. The lowest BCUT2D eigenvalue weighted by Crippen LogP contribution is -2.34. The predicted molar refractivity (Wildman–Crippen MR) is 147 cm³/mol. The Bertz CT molecular complexity index is 1670. The van der Waals surface area contributed by atoms with E-state index in [9.17, 15) is 32.3 Å². The van der Waals surface area contributed by atoms with Gasteiger partial charge < -0.3 is 10.6 Å². The number of nitrogens with one attached hydrogen (secondary N) is 2. The number of rotatable bonds is 10. The van der Waals surface area contributed by atoms with Gasteiger partial charge in [-0.3, -0.25) is 28.3 Å². The summed E-state index contributed by atoms with van der Waals surface area (Å²) in [7, 11) is 0. The van der Waals surface area contributed by atoms with Crippen LogP contribution in [-0.4, -0.2) is 49.7 Å². The van der Waals surface area contributed by atoms with Crippen LogP contribution in [0.1, 0.15) is 44.5 Å². The first-order valence-electron chi connectivity index (χ1n) is 12.9. The number of nitrogens with zero attached hydrogens (tertiary/aromatic N) is 4. The lowest BCUT2D eigenvalue weighted by Gasteiger charge is -2.14. The lowest BCUT2D eigenvalue weighted by molar-refractivity contribution is -0.123. The van der Waals surface area contributed by atoms with Crippen LogP contribution >= 0.6 is 0 Å². The van der Waals surface area contributed by atoms with Crippen molar-refractivity contribution >= 4 is 11.8 Å². The van der Waals surface area contributed by atoms with Gasteiger partial charge in [-0.05, 0) is 42.3 Å². The zero-order valence-corrected chi connectivity index (χ0v) is 22.5. The molecule has 10 nitrogen and oxygen atoms in total. The summed E-state index contributed by atoms with van der Waals surface area (Å²) in [6.07, 6.45) is 0.0607. The molecule has 1 unspecified atom stereocenters. The van der Waals surface area contributed by atoms with Crippen LogP contribution in [0.4, 0.5) is 13.2 Å². The Hall–Kier alpha value is -5.07. The molecule has 218 valence electrons. The van der Waals surface area contributed by atoms with Crippen LogP contribution < -0.4 is 21.8 Å². The molecule has 4 aromatic rings. The number of amides is 2. The third-order valence-electron chi connectivity index (χ3n) is 6.21. The average Bonchev–Trinajstić information content (AvgIpc) is 2.95. The molecule has 2 amide bonds. The summed E-state index contributed by atoms with van der Waals surface area (Å²) in [5.41, 5.74) is 1.98. The van der Waals surface area contributed by atoms with Gasteiger partial charge in [0.15, 0.2) is 0 Å². The van der Waals surface area contributed by atoms with Crippen molar-refractivity contribution in [1.29, 1.82) is 0 Å². The van der Waals surface area contributed by atoms with Crippen LogP contribution in [0.5, 0.6) is 0 Å². The van der Waals surface area contributed by atoms with E-state index in [2.05, 4.69) is 15.3 Å². The molecule has 1 atom stereocenters. The first-order chi connectivity index (χ1) is 20.0. The second kappa shape index (κ2) is 13.1. The molecule has 0 aliphatic carbocycles. The van der Waals surface area contributed by atoms with Gasteiger partial charge >= 0.3 is 6.18 Å². The van der Waals surface area contributed by atoms with Gasteiger partial charge in [-0.15, -0.1) is 0 Å². The van der Waals surface area contributed by atoms with E-state index in [1.165, 1.54) is 52.3 Å². The number of hydrogen-bond acceptors (Lipinski definition) is 6. The number of alkyl halides is 3. The fourth-order valence-electron chi connectivity index (χ4n) is 4.06. The van der Waals surface area contributed by atoms with E-state index in [0.29, 0.717) is 29.8 Å². The van der Waals surface area contributed by atoms with Gasteiger partial charge in [0.2, 0.25) is 0 Å². The van der Waals surface area contributed by atoms with Crippen molar-refractivity contribution in [3.63, 3.8) is 0 Å². The van der Waals surface area contributed by atoms with Gasteiger partial charge in [-0.25, -0.2) is 9.97 Å². The Balaban J connectivity index is 1.29. The summed E-state index contributed by atoms with van der Waals surface area (Å²) >= 11 is 0. The molecule has 0 saturated carbocycles. The van der Waals surface area contributed by atoms with Crippen molar-refractivity contribution in [1.82, 2.24) is 29.7 Å². The number of benzene rings is 2. The quantitative estimate of drug-likeness (QED) is 0.297. The number of aromatic nitrogens is 4. The Morgan fingerprint density at radius 1 is 0.833 bits per heavy atom. The number of halogens is 3. The first-order valence-corrected chi connectivity index (χ1v) is 12.9. The molecule has 0 saturated heterocycles. The monoisotopic (exact) mass is 580 g/mol. The molecule has 2 heterocycles. The molecule has 0 fully saturated rings. The molecule has 2 aromatic carbocycles. The van der Waals surface area contributed by atoms with Crippen molar-refractivity contribution in [3.05, 3.63) is 128 Å². The van der Waals surface area contributed by atoms with Gasteiger partial charge in [0.25, 0.3) is 22.9 Å². The summed E-state index contributed by atoms with van der Waals surface area (Å²) in [5, 5.41) is 4.68. The third kappa shape index (κ3) is 8.46. The molecular weight excluding hydrogens is 553 g/mol. The standard InChI is InChI=1S/C29H27F3N6O4/c1-19(36-28(42)23-8-4-20(5-9-23)14-37-17-33-11-10-25(37)39)12-24-13-26(40)38(18-35-24)15-21-2-6-22(7-3-21)27(41)34-16-29(30,31)32/h2-11,13,17-19H,12,14-16H2,1H3,(H,34,41)(H,36,42). The molecule has 0 spiro atoms. The second-order valence-electron chi connectivity index (χ2n) is 9.66. The molecule has 2 aromatic heterocycles. The van der Waals surface area contributed by atoms with E-state index in [0.717, 1.165) is 5.56 Å². The predicted octanol–water partition coefficient (Wildman–Crippen LogP) is 2.55. The molecular formula is C29H27F3N6O4. The highest BCUT2D eigenvalue weighted by Gasteiger charge is 2.27. The number of hydrogen-bond donors (Lipinski definition) is 2. The topological polar surface area (TPSA) is 128 Å². The Morgan fingerprint density at radius 3 is 1.95 bits per heavy atom. The third-order valence-corrected chi connectivity index (χ3v) is 6.21. The van der Waals surface area contributed by atoms with Crippen LogP contribution in [0.25, 0.3) is 0 Å². The van der Waals surface area contributed by atoms with Gasteiger partial charge in [-0.1, -0.05) is 24.3 Å². The zero-order chi connectivity index (χ0) is 30.3. The van der Waals surface area contributed by atoms with E-state index < -0.39 is 18.6 Å². The minimum Gasteiger partial charge on any atom is -0.349 e. The van der Waals surface area contributed by atoms with Crippen LogP contribution in [0.2, 0.25) is 0 Å². The normalized spacial score (nSPS) is 12.0. The largest absolute Gasteiger partial charge is 0.405 e. The van der Waals surface area contributed by atoms with Gasteiger partial charge in [0, 0.05) is 47.6 Å². The van der Waals surface area contributed by atoms with Crippen molar-refractivity contribution in [3.8, 4) is 0 Å². The van der Waals surface area contributed by atoms with Gasteiger partial charge in [0.1, 0.15) is 6.54 Å². The van der Waals surface area contributed by atoms with Crippen molar-refractivity contribution in [2.45, 2.75) is 38.7 Å². The molecule has 0 aliphatic rings. The van der Waals surface area contributed by atoms with E-state index in [1.54, 1.807) is 48.6 Å². The summed E-state index contributed by atoms with van der Waals surface area (Å²) < 4.78 is 39.7. The fraction of sp³-hybridized carbons (Fsp3) is 0.241. The van der Waals surface area contributed by atoms with Crippen LogP contribution in [-0.2, 0) is 19.5 Å². The summed E-state index contributed by atoms with van der Waals surface area (Å²) in [6.45, 7) is 0.846. The maximum Gasteiger partial charge on any atom is 0.405 e. The fourth-order valence-corrected chi connectivity index (χ4v) is 4.06. The van der Waals surface area contributed by atoms with E-state index in [4.69, 9.17) is 0 Å². The van der Waals surface area contributed by atoms with Gasteiger partial charge in [-0.2, -0.15) is 13.2 Å².